The molecule has 3 heterocycles. The molecule has 5 rings (SSSR count). The van der Waals surface area contributed by atoms with Crippen molar-refractivity contribution in [3.8, 4) is 0 Å². The van der Waals surface area contributed by atoms with Crippen LogP contribution >= 0.6 is 11.8 Å². The maximum Gasteiger partial charge on any atom is 0.256 e. The van der Waals surface area contributed by atoms with Gasteiger partial charge in [-0.15, -0.1) is 10.2 Å². The highest BCUT2D eigenvalue weighted by molar-refractivity contribution is 7.99. The summed E-state index contributed by atoms with van der Waals surface area (Å²) in [6, 6.07) is 7.43. The number of fused-ring (bicyclic) bond motifs is 2. The topological polar surface area (TPSA) is 101 Å². The molecule has 9 nitrogen and oxygen atoms in total. The molecule has 1 aromatic carbocycles. The summed E-state index contributed by atoms with van der Waals surface area (Å²) in [7, 11) is -3.55. The van der Waals surface area contributed by atoms with Crippen LogP contribution in [0.25, 0.3) is 5.78 Å². The number of benzene rings is 1. The van der Waals surface area contributed by atoms with Gasteiger partial charge in [-0.1, -0.05) is 17.8 Å². The quantitative estimate of drug-likeness (QED) is 0.508. The summed E-state index contributed by atoms with van der Waals surface area (Å²) in [5.74, 6) is 0.697. The van der Waals surface area contributed by atoms with Crippen molar-refractivity contribution in [2.45, 2.75) is 43.2 Å². The highest BCUT2D eigenvalue weighted by Crippen LogP contribution is 2.27. The number of sulfonamides is 1. The monoisotopic (exact) mass is 486 g/mol. The smallest absolute Gasteiger partial charge is 0.256 e. The second kappa shape index (κ2) is 8.69. The number of hydrogen-bond acceptors (Lipinski definition) is 7. The van der Waals surface area contributed by atoms with Gasteiger partial charge in [0.25, 0.3) is 5.78 Å². The Morgan fingerprint density at radius 1 is 1.03 bits per heavy atom. The molecule has 2 aliphatic rings. The van der Waals surface area contributed by atoms with Crippen LogP contribution in [0.3, 0.4) is 0 Å². The average molecular weight is 487 g/mol. The van der Waals surface area contributed by atoms with Gasteiger partial charge in [-0.3, -0.25) is 9.20 Å². The molecule has 1 fully saturated rings. The van der Waals surface area contributed by atoms with Crippen molar-refractivity contribution >= 4 is 33.5 Å². The summed E-state index contributed by atoms with van der Waals surface area (Å²) >= 11 is 1.32. The van der Waals surface area contributed by atoms with E-state index < -0.39 is 10.0 Å². The van der Waals surface area contributed by atoms with E-state index >= 15 is 0 Å². The Morgan fingerprint density at radius 3 is 2.58 bits per heavy atom. The second-order valence-electron chi connectivity index (χ2n) is 8.51. The zero-order valence-corrected chi connectivity index (χ0v) is 20.3. The summed E-state index contributed by atoms with van der Waals surface area (Å²) in [6.07, 6.45) is 3.04. The predicted molar refractivity (Wildman–Crippen MR) is 125 cm³/mol. The molecule has 0 saturated carbocycles. The molecule has 2 aromatic heterocycles. The Balaban J connectivity index is 1.20. The van der Waals surface area contributed by atoms with Gasteiger partial charge in [-0.05, 0) is 62.4 Å². The second-order valence-corrected chi connectivity index (χ2v) is 11.4. The van der Waals surface area contributed by atoms with E-state index in [1.54, 1.807) is 11.0 Å². The molecule has 0 N–H and O–H groups in total. The lowest BCUT2D eigenvalue weighted by molar-refractivity contribution is -0.129. The number of aryl methyl sites for hydroxylation is 4. The van der Waals surface area contributed by atoms with E-state index in [2.05, 4.69) is 15.2 Å². The number of nitrogens with zero attached hydrogens (tertiary/aromatic N) is 6. The van der Waals surface area contributed by atoms with Gasteiger partial charge in [-0.25, -0.2) is 13.4 Å². The molecule has 11 heteroatoms. The maximum atomic E-state index is 13.1. The first-order valence-electron chi connectivity index (χ1n) is 11.0. The van der Waals surface area contributed by atoms with Crippen LogP contribution in [-0.2, 0) is 27.7 Å². The minimum absolute atomic E-state index is 0.0379. The van der Waals surface area contributed by atoms with Crippen molar-refractivity contribution in [2.24, 2.45) is 0 Å². The van der Waals surface area contributed by atoms with Crippen LogP contribution in [0.4, 0.5) is 0 Å². The Bertz CT molecular complexity index is 1330. The van der Waals surface area contributed by atoms with Crippen molar-refractivity contribution in [1.82, 2.24) is 28.8 Å². The zero-order valence-electron chi connectivity index (χ0n) is 18.7. The van der Waals surface area contributed by atoms with Crippen molar-refractivity contribution in [1.29, 1.82) is 0 Å². The molecular formula is C22H26N6O3S2. The zero-order chi connectivity index (χ0) is 23.2. The van der Waals surface area contributed by atoms with Crippen molar-refractivity contribution < 1.29 is 13.2 Å². The van der Waals surface area contributed by atoms with Crippen LogP contribution in [-0.4, -0.2) is 75.0 Å². The van der Waals surface area contributed by atoms with Gasteiger partial charge in [0.15, 0.2) is 5.16 Å². The van der Waals surface area contributed by atoms with Crippen LogP contribution < -0.4 is 0 Å². The molecule has 0 unspecified atom stereocenters. The predicted octanol–water partition coefficient (Wildman–Crippen LogP) is 1.86. The highest BCUT2D eigenvalue weighted by Gasteiger charge is 2.31. The van der Waals surface area contributed by atoms with Crippen molar-refractivity contribution in [3.05, 3.63) is 46.8 Å². The molecule has 1 aliphatic heterocycles. The number of carbonyl (C=O) groups excluding carboxylic acids is 1. The molecule has 33 heavy (non-hydrogen) atoms. The molecule has 1 aliphatic carbocycles. The molecule has 0 spiro atoms. The minimum atomic E-state index is -3.55. The lowest BCUT2D eigenvalue weighted by atomic mass is 10.1. The van der Waals surface area contributed by atoms with E-state index in [0.29, 0.717) is 42.0 Å². The molecule has 1 saturated heterocycles. The third-order valence-electron chi connectivity index (χ3n) is 6.29. The van der Waals surface area contributed by atoms with E-state index in [1.807, 2.05) is 36.4 Å². The van der Waals surface area contributed by atoms with E-state index in [9.17, 15) is 13.2 Å². The number of piperazine rings is 1. The molecular weight excluding hydrogens is 460 g/mol. The van der Waals surface area contributed by atoms with Crippen LogP contribution in [0, 0.1) is 13.8 Å². The SMILES string of the molecule is Cc1cc(C)n2c(SCC(=O)N3CCN(S(=O)(=O)c4ccc5c(c4)CCC5)CC3)nnc2n1. The number of amides is 1. The summed E-state index contributed by atoms with van der Waals surface area (Å²) in [5.41, 5.74) is 4.22. The standard InChI is InChI=1S/C22H26N6O3S2/c1-15-12-16(2)28-21(23-15)24-25-22(28)32-14-20(29)26-8-10-27(11-9-26)33(30,31)19-7-6-17-4-3-5-18(17)13-19/h6-7,12-13H,3-5,8-11,14H2,1-2H3. The van der Waals surface area contributed by atoms with Crippen LogP contribution in [0.2, 0.25) is 0 Å². The maximum absolute atomic E-state index is 13.1. The largest absolute Gasteiger partial charge is 0.339 e. The summed E-state index contributed by atoms with van der Waals surface area (Å²) in [6.45, 7) is 5.21. The fourth-order valence-electron chi connectivity index (χ4n) is 4.55. The first-order valence-corrected chi connectivity index (χ1v) is 13.5. The third kappa shape index (κ3) is 4.24. The molecule has 174 valence electrons. The fourth-order valence-corrected chi connectivity index (χ4v) is 6.91. The lowest BCUT2D eigenvalue weighted by Gasteiger charge is -2.34. The average Bonchev–Trinajstić information content (AvgIpc) is 3.43. The third-order valence-corrected chi connectivity index (χ3v) is 9.10. The van der Waals surface area contributed by atoms with Crippen LogP contribution in [0.5, 0.6) is 0 Å². The summed E-state index contributed by atoms with van der Waals surface area (Å²) in [4.78, 5) is 19.2. The van der Waals surface area contributed by atoms with E-state index in [4.69, 9.17) is 0 Å². The Morgan fingerprint density at radius 2 is 1.79 bits per heavy atom. The summed E-state index contributed by atoms with van der Waals surface area (Å²) < 4.78 is 29.6. The first-order chi connectivity index (χ1) is 15.8. The Hall–Kier alpha value is -2.50. The minimum Gasteiger partial charge on any atom is -0.339 e. The van der Waals surface area contributed by atoms with E-state index in [1.165, 1.54) is 21.6 Å². The molecule has 1 amide bonds. The number of hydrogen-bond donors (Lipinski definition) is 0. The number of aromatic nitrogens is 4. The van der Waals surface area contributed by atoms with Crippen molar-refractivity contribution in [3.63, 3.8) is 0 Å². The highest BCUT2D eigenvalue weighted by atomic mass is 32.2. The number of thioether (sulfide) groups is 1. The van der Waals surface area contributed by atoms with E-state index in [0.717, 1.165) is 36.2 Å². The van der Waals surface area contributed by atoms with Gasteiger partial charge < -0.3 is 4.90 Å². The van der Waals surface area contributed by atoms with Crippen LogP contribution in [0.15, 0.2) is 34.3 Å². The normalized spacial score (nSPS) is 17.0. The first kappa shape index (κ1) is 22.3. The van der Waals surface area contributed by atoms with E-state index in [-0.39, 0.29) is 11.7 Å². The Labute approximate surface area is 197 Å². The van der Waals surface area contributed by atoms with Crippen LogP contribution in [0.1, 0.15) is 28.9 Å². The molecule has 3 aromatic rings. The lowest BCUT2D eigenvalue weighted by Crippen LogP contribution is -2.51. The van der Waals surface area contributed by atoms with Gasteiger partial charge in [0.05, 0.1) is 10.6 Å². The summed E-state index contributed by atoms with van der Waals surface area (Å²) in [5, 5.41) is 8.90. The number of carbonyl (C=O) groups is 1. The van der Waals surface area contributed by atoms with Gasteiger partial charge in [0.1, 0.15) is 0 Å². The van der Waals surface area contributed by atoms with Gasteiger partial charge in [0, 0.05) is 37.6 Å². The molecule has 0 bridgehead atoms. The molecule has 0 radical (unpaired) electrons. The van der Waals surface area contributed by atoms with Gasteiger partial charge >= 0.3 is 0 Å². The van der Waals surface area contributed by atoms with Gasteiger partial charge in [-0.2, -0.15) is 4.31 Å². The van der Waals surface area contributed by atoms with Gasteiger partial charge in [0.2, 0.25) is 15.9 Å². The number of rotatable bonds is 5. The Kier molecular flexibility index (Phi) is 5.87. The fraction of sp³-hybridized carbons (Fsp3) is 0.455. The molecule has 0 atom stereocenters. The van der Waals surface area contributed by atoms with Crippen molar-refractivity contribution in [2.75, 3.05) is 31.9 Å².